The molecule has 0 unspecified atom stereocenters. The molecule has 0 atom stereocenters. The molecule has 0 aliphatic carbocycles. The van der Waals surface area contributed by atoms with Crippen LogP contribution in [0.15, 0.2) is 42.6 Å². The summed E-state index contributed by atoms with van der Waals surface area (Å²) < 4.78 is 6.74. The SMILES string of the molecule is O=Cc1ccc(OCc2nc3ccccc3s2)cn1. The van der Waals surface area contributed by atoms with Crippen molar-refractivity contribution in [2.45, 2.75) is 6.61 Å². The summed E-state index contributed by atoms with van der Waals surface area (Å²) >= 11 is 1.61. The monoisotopic (exact) mass is 270 g/mol. The van der Waals surface area contributed by atoms with Crippen molar-refractivity contribution < 1.29 is 9.53 Å². The minimum atomic E-state index is 0.396. The lowest BCUT2D eigenvalue weighted by Gasteiger charge is -2.02. The molecular weight excluding hydrogens is 260 g/mol. The molecular formula is C14H10N2O2S. The van der Waals surface area contributed by atoms with Crippen molar-refractivity contribution >= 4 is 27.8 Å². The van der Waals surface area contributed by atoms with Crippen LogP contribution in [-0.2, 0) is 6.61 Å². The van der Waals surface area contributed by atoms with E-state index in [1.807, 2.05) is 24.3 Å². The molecule has 2 aromatic heterocycles. The number of aromatic nitrogens is 2. The molecule has 5 heteroatoms. The molecule has 0 N–H and O–H groups in total. The van der Waals surface area contributed by atoms with Gasteiger partial charge in [0.15, 0.2) is 6.29 Å². The Labute approximate surface area is 113 Å². The summed E-state index contributed by atoms with van der Waals surface area (Å²) in [6.45, 7) is 0.404. The van der Waals surface area contributed by atoms with Gasteiger partial charge in [0, 0.05) is 0 Å². The second-order valence-corrected chi connectivity index (χ2v) is 5.02. The van der Waals surface area contributed by atoms with E-state index in [9.17, 15) is 4.79 Å². The Morgan fingerprint density at radius 2 is 2.11 bits per heavy atom. The Kier molecular flexibility index (Phi) is 3.20. The normalized spacial score (nSPS) is 10.5. The highest BCUT2D eigenvalue weighted by molar-refractivity contribution is 7.18. The fourth-order valence-electron chi connectivity index (χ4n) is 1.67. The highest BCUT2D eigenvalue weighted by Gasteiger charge is 2.04. The van der Waals surface area contributed by atoms with E-state index in [1.165, 1.54) is 6.20 Å². The fourth-order valence-corrected chi connectivity index (χ4v) is 2.55. The van der Waals surface area contributed by atoms with Gasteiger partial charge in [-0.15, -0.1) is 11.3 Å². The highest BCUT2D eigenvalue weighted by Crippen LogP contribution is 2.22. The Balaban J connectivity index is 1.72. The van der Waals surface area contributed by atoms with Crippen LogP contribution in [0.4, 0.5) is 0 Å². The van der Waals surface area contributed by atoms with E-state index in [2.05, 4.69) is 9.97 Å². The smallest absolute Gasteiger partial charge is 0.168 e. The molecule has 0 saturated heterocycles. The zero-order valence-electron chi connectivity index (χ0n) is 9.95. The molecule has 0 saturated carbocycles. The minimum Gasteiger partial charge on any atom is -0.485 e. The van der Waals surface area contributed by atoms with Gasteiger partial charge in [-0.1, -0.05) is 12.1 Å². The lowest BCUT2D eigenvalue weighted by molar-refractivity contribution is 0.111. The number of pyridine rings is 1. The van der Waals surface area contributed by atoms with Crippen LogP contribution < -0.4 is 4.74 Å². The average molecular weight is 270 g/mol. The van der Waals surface area contributed by atoms with Crippen molar-refractivity contribution in [3.8, 4) is 5.75 Å². The predicted molar refractivity (Wildman–Crippen MR) is 73.6 cm³/mol. The minimum absolute atomic E-state index is 0.396. The quantitative estimate of drug-likeness (QED) is 0.684. The average Bonchev–Trinajstić information content (AvgIpc) is 2.88. The highest BCUT2D eigenvalue weighted by atomic mass is 32.1. The number of rotatable bonds is 4. The number of fused-ring (bicyclic) bond motifs is 1. The number of carbonyl (C=O) groups excluding carboxylic acids is 1. The topological polar surface area (TPSA) is 52.1 Å². The van der Waals surface area contributed by atoms with Gasteiger partial charge in [0.2, 0.25) is 0 Å². The maximum Gasteiger partial charge on any atom is 0.168 e. The first-order valence-electron chi connectivity index (χ1n) is 5.73. The summed E-state index contributed by atoms with van der Waals surface area (Å²) in [5.41, 5.74) is 1.38. The number of benzene rings is 1. The van der Waals surface area contributed by atoms with Crippen molar-refractivity contribution in [3.63, 3.8) is 0 Å². The summed E-state index contributed by atoms with van der Waals surface area (Å²) in [6.07, 6.45) is 2.24. The second-order valence-electron chi connectivity index (χ2n) is 3.90. The van der Waals surface area contributed by atoms with Gasteiger partial charge in [-0.3, -0.25) is 4.79 Å². The molecule has 0 bridgehead atoms. The Bertz CT molecular complexity index is 674. The summed E-state index contributed by atoms with van der Waals surface area (Å²) in [7, 11) is 0. The second kappa shape index (κ2) is 5.16. The van der Waals surface area contributed by atoms with Crippen LogP contribution >= 0.6 is 11.3 Å². The Morgan fingerprint density at radius 1 is 1.21 bits per heavy atom. The molecule has 3 rings (SSSR count). The number of aldehydes is 1. The van der Waals surface area contributed by atoms with E-state index >= 15 is 0 Å². The number of carbonyl (C=O) groups is 1. The Morgan fingerprint density at radius 3 is 2.84 bits per heavy atom. The molecule has 94 valence electrons. The van der Waals surface area contributed by atoms with Crippen molar-refractivity contribution in [1.82, 2.24) is 9.97 Å². The van der Waals surface area contributed by atoms with Crippen LogP contribution in [0.3, 0.4) is 0 Å². The van der Waals surface area contributed by atoms with Crippen molar-refractivity contribution in [1.29, 1.82) is 0 Å². The molecule has 1 aromatic carbocycles. The molecule has 2 heterocycles. The van der Waals surface area contributed by atoms with E-state index in [0.717, 1.165) is 15.2 Å². The summed E-state index contributed by atoms with van der Waals surface area (Å²) in [6, 6.07) is 11.3. The summed E-state index contributed by atoms with van der Waals surface area (Å²) in [4.78, 5) is 18.9. The van der Waals surface area contributed by atoms with Gasteiger partial charge < -0.3 is 4.74 Å². The van der Waals surface area contributed by atoms with E-state index in [-0.39, 0.29) is 0 Å². The van der Waals surface area contributed by atoms with Crippen LogP contribution in [0.5, 0.6) is 5.75 Å². The molecule has 0 aliphatic rings. The molecule has 0 fully saturated rings. The Hall–Kier alpha value is -2.27. The number of hydrogen-bond acceptors (Lipinski definition) is 5. The van der Waals surface area contributed by atoms with E-state index < -0.39 is 0 Å². The van der Waals surface area contributed by atoms with Gasteiger partial charge in [-0.2, -0.15) is 0 Å². The molecule has 3 aromatic rings. The van der Waals surface area contributed by atoms with Crippen LogP contribution in [-0.4, -0.2) is 16.3 Å². The van der Waals surface area contributed by atoms with Crippen LogP contribution in [0.1, 0.15) is 15.5 Å². The fraction of sp³-hybridized carbons (Fsp3) is 0.0714. The number of nitrogens with zero attached hydrogens (tertiary/aromatic N) is 2. The number of ether oxygens (including phenoxy) is 1. The molecule has 0 spiro atoms. The van der Waals surface area contributed by atoms with Gasteiger partial charge in [-0.05, 0) is 24.3 Å². The summed E-state index contributed by atoms with van der Waals surface area (Å²) in [5.74, 6) is 0.629. The van der Waals surface area contributed by atoms with Gasteiger partial charge in [0.05, 0.1) is 16.4 Å². The van der Waals surface area contributed by atoms with Crippen LogP contribution in [0.25, 0.3) is 10.2 Å². The van der Waals surface area contributed by atoms with Crippen molar-refractivity contribution in [2.75, 3.05) is 0 Å². The number of para-hydroxylation sites is 1. The number of thiazole rings is 1. The standard InChI is InChI=1S/C14H10N2O2S/c17-8-10-5-6-11(7-15-10)18-9-14-16-12-3-1-2-4-13(12)19-14/h1-8H,9H2. The lowest BCUT2D eigenvalue weighted by Crippen LogP contribution is -1.95. The third kappa shape index (κ3) is 2.61. The molecule has 4 nitrogen and oxygen atoms in total. The predicted octanol–water partition coefficient (Wildman–Crippen LogP) is 3.08. The molecule has 0 aliphatic heterocycles. The first-order valence-corrected chi connectivity index (χ1v) is 6.55. The number of hydrogen-bond donors (Lipinski definition) is 0. The lowest BCUT2D eigenvalue weighted by atomic mass is 10.3. The first kappa shape index (κ1) is 11.8. The molecule has 19 heavy (non-hydrogen) atoms. The first-order chi connectivity index (χ1) is 9.35. The van der Waals surface area contributed by atoms with E-state index in [1.54, 1.807) is 23.5 Å². The molecule has 0 amide bonds. The van der Waals surface area contributed by atoms with E-state index in [0.29, 0.717) is 24.3 Å². The zero-order valence-corrected chi connectivity index (χ0v) is 10.8. The van der Waals surface area contributed by atoms with Crippen LogP contribution in [0.2, 0.25) is 0 Å². The third-order valence-corrected chi connectivity index (χ3v) is 3.59. The van der Waals surface area contributed by atoms with E-state index in [4.69, 9.17) is 4.74 Å². The zero-order chi connectivity index (χ0) is 13.1. The van der Waals surface area contributed by atoms with Crippen molar-refractivity contribution in [3.05, 3.63) is 53.3 Å². The van der Waals surface area contributed by atoms with Crippen LogP contribution in [0, 0.1) is 0 Å². The largest absolute Gasteiger partial charge is 0.485 e. The van der Waals surface area contributed by atoms with Gasteiger partial charge in [0.1, 0.15) is 23.1 Å². The molecule has 0 radical (unpaired) electrons. The third-order valence-electron chi connectivity index (χ3n) is 2.58. The van der Waals surface area contributed by atoms with Gasteiger partial charge in [-0.25, -0.2) is 9.97 Å². The van der Waals surface area contributed by atoms with Crippen molar-refractivity contribution in [2.24, 2.45) is 0 Å². The van der Waals surface area contributed by atoms with Gasteiger partial charge in [0.25, 0.3) is 0 Å². The van der Waals surface area contributed by atoms with Gasteiger partial charge >= 0.3 is 0 Å². The summed E-state index contributed by atoms with van der Waals surface area (Å²) in [5, 5.41) is 0.917. The maximum atomic E-state index is 10.5. The maximum absolute atomic E-state index is 10.5.